The maximum Gasteiger partial charge on any atom is 0.161 e. The molecule has 2 aromatic heterocycles. The minimum Gasteiger partial charge on any atom is -0.396 e. The molecule has 0 spiro atoms. The van der Waals surface area contributed by atoms with Crippen LogP contribution < -0.4 is 5.73 Å². The van der Waals surface area contributed by atoms with E-state index in [9.17, 15) is 0 Å². The Kier molecular flexibility index (Phi) is 2.49. The monoisotopic (exact) mass is 257 g/mol. The number of nitrogens with two attached hydrogens (primary N) is 1. The Morgan fingerprint density at radius 2 is 1.94 bits per heavy atom. The number of hydrogen-bond donors (Lipinski definition) is 1. The van der Waals surface area contributed by atoms with E-state index in [0.717, 1.165) is 22.6 Å². The van der Waals surface area contributed by atoms with Crippen LogP contribution in [0.4, 0.5) is 5.69 Å². The van der Waals surface area contributed by atoms with E-state index >= 15 is 0 Å². The molecule has 0 unspecified atom stereocenters. The number of pyridine rings is 1. The van der Waals surface area contributed by atoms with E-state index in [1.165, 1.54) is 0 Å². The smallest absolute Gasteiger partial charge is 0.161 e. The lowest BCUT2D eigenvalue weighted by Crippen LogP contribution is -1.93. The first kappa shape index (κ1) is 11.1. The van der Waals surface area contributed by atoms with Gasteiger partial charge in [-0.05, 0) is 13.0 Å². The number of halogens is 1. The molecule has 90 valence electrons. The quantitative estimate of drug-likeness (QED) is 0.725. The Hall–Kier alpha value is -2.00. The first-order chi connectivity index (χ1) is 8.66. The van der Waals surface area contributed by atoms with Crippen LogP contribution in [0.5, 0.6) is 0 Å². The number of anilines is 1. The highest BCUT2D eigenvalue weighted by atomic mass is 35.5. The van der Waals surface area contributed by atoms with Gasteiger partial charge in [0.05, 0.1) is 16.4 Å². The Bertz CT molecular complexity index is 717. The second kappa shape index (κ2) is 4.03. The van der Waals surface area contributed by atoms with Crippen molar-refractivity contribution in [2.75, 3.05) is 5.73 Å². The van der Waals surface area contributed by atoms with Crippen LogP contribution in [0, 0.1) is 6.92 Å². The molecular formula is C14H12ClN3. The average Bonchev–Trinajstić information content (AvgIpc) is 2.69. The van der Waals surface area contributed by atoms with E-state index in [2.05, 4.69) is 4.98 Å². The molecule has 0 fully saturated rings. The predicted molar refractivity (Wildman–Crippen MR) is 74.8 cm³/mol. The van der Waals surface area contributed by atoms with Gasteiger partial charge in [0.2, 0.25) is 0 Å². The Morgan fingerprint density at radius 3 is 2.67 bits per heavy atom. The molecule has 4 heteroatoms. The molecule has 3 aromatic rings. The molecule has 0 saturated carbocycles. The molecule has 0 atom stereocenters. The summed E-state index contributed by atoms with van der Waals surface area (Å²) in [5.41, 5.74) is 10.3. The van der Waals surface area contributed by atoms with Gasteiger partial charge in [-0.1, -0.05) is 41.9 Å². The van der Waals surface area contributed by atoms with E-state index in [-0.39, 0.29) is 0 Å². The molecular weight excluding hydrogens is 246 g/mol. The number of benzene rings is 1. The summed E-state index contributed by atoms with van der Waals surface area (Å²) < 4.78 is 1.93. The molecule has 0 saturated heterocycles. The van der Waals surface area contributed by atoms with Crippen LogP contribution in [0.3, 0.4) is 0 Å². The molecule has 3 rings (SSSR count). The lowest BCUT2D eigenvalue weighted by Gasteiger charge is -2.01. The van der Waals surface area contributed by atoms with Crippen molar-refractivity contribution in [2.24, 2.45) is 0 Å². The van der Waals surface area contributed by atoms with Gasteiger partial charge in [0.25, 0.3) is 0 Å². The topological polar surface area (TPSA) is 43.3 Å². The summed E-state index contributed by atoms with van der Waals surface area (Å²) in [6.45, 7) is 2.01. The Labute approximate surface area is 110 Å². The first-order valence-electron chi connectivity index (χ1n) is 5.66. The van der Waals surface area contributed by atoms with Gasteiger partial charge in [-0.3, -0.25) is 0 Å². The zero-order chi connectivity index (χ0) is 12.7. The molecule has 2 N–H and O–H groups in total. The number of fused-ring (bicyclic) bond motifs is 1. The molecule has 3 nitrogen and oxygen atoms in total. The normalized spacial score (nSPS) is 11.0. The number of nitrogens with zero attached hydrogens (tertiary/aromatic N) is 2. The highest BCUT2D eigenvalue weighted by Crippen LogP contribution is 2.27. The summed E-state index contributed by atoms with van der Waals surface area (Å²) in [4.78, 5) is 4.60. The van der Waals surface area contributed by atoms with Gasteiger partial charge in [0, 0.05) is 17.5 Å². The summed E-state index contributed by atoms with van der Waals surface area (Å²) >= 11 is 6.02. The molecule has 18 heavy (non-hydrogen) atoms. The largest absolute Gasteiger partial charge is 0.396 e. The van der Waals surface area contributed by atoms with E-state index < -0.39 is 0 Å². The number of hydrogen-bond acceptors (Lipinski definition) is 2. The summed E-state index contributed by atoms with van der Waals surface area (Å²) in [5.74, 6) is 0. The van der Waals surface area contributed by atoms with Gasteiger partial charge in [0.15, 0.2) is 5.65 Å². The third-order valence-corrected chi connectivity index (χ3v) is 3.21. The molecule has 0 amide bonds. The van der Waals surface area contributed by atoms with Crippen LogP contribution in [0.2, 0.25) is 5.02 Å². The van der Waals surface area contributed by atoms with E-state index in [4.69, 9.17) is 17.3 Å². The maximum absolute atomic E-state index is 6.02. The Morgan fingerprint density at radius 1 is 1.22 bits per heavy atom. The Balaban J connectivity index is 2.33. The number of aryl methyl sites for hydroxylation is 1. The second-order valence-electron chi connectivity index (χ2n) is 4.22. The average molecular weight is 258 g/mol. The molecule has 0 bridgehead atoms. The van der Waals surface area contributed by atoms with Crippen LogP contribution in [0.25, 0.3) is 16.9 Å². The summed E-state index contributed by atoms with van der Waals surface area (Å²) in [6, 6.07) is 11.8. The van der Waals surface area contributed by atoms with Gasteiger partial charge in [0.1, 0.15) is 0 Å². The van der Waals surface area contributed by atoms with Crippen LogP contribution in [-0.2, 0) is 0 Å². The molecule has 0 aliphatic carbocycles. The summed E-state index contributed by atoms with van der Waals surface area (Å²) in [7, 11) is 0. The summed E-state index contributed by atoms with van der Waals surface area (Å²) in [6.07, 6.45) is 1.84. The maximum atomic E-state index is 6.02. The number of nitrogen functional groups attached to an aromatic ring is 1. The van der Waals surface area contributed by atoms with Crippen molar-refractivity contribution < 1.29 is 0 Å². The fourth-order valence-electron chi connectivity index (χ4n) is 2.12. The lowest BCUT2D eigenvalue weighted by atomic mass is 10.1. The second-order valence-corrected chi connectivity index (χ2v) is 4.66. The minimum absolute atomic E-state index is 0.591. The van der Waals surface area contributed by atoms with Crippen molar-refractivity contribution in [1.29, 1.82) is 0 Å². The van der Waals surface area contributed by atoms with Crippen molar-refractivity contribution in [3.63, 3.8) is 0 Å². The molecule has 0 radical (unpaired) electrons. The zero-order valence-corrected chi connectivity index (χ0v) is 10.6. The zero-order valence-electron chi connectivity index (χ0n) is 9.89. The van der Waals surface area contributed by atoms with Crippen molar-refractivity contribution in [3.8, 4) is 11.3 Å². The standard InChI is InChI=1S/C14H12ClN3/c1-9-13(10-5-3-2-4-6-10)17-14-12(16)7-11(15)8-18(9)14/h2-8H,16H2,1H3. The fraction of sp³-hybridized carbons (Fsp3) is 0.0714. The van der Waals surface area contributed by atoms with Crippen LogP contribution in [0.1, 0.15) is 5.69 Å². The van der Waals surface area contributed by atoms with Crippen LogP contribution in [0.15, 0.2) is 42.6 Å². The number of rotatable bonds is 1. The molecule has 0 aliphatic rings. The SMILES string of the molecule is Cc1c(-c2ccccc2)nc2c(N)cc(Cl)cn12. The van der Waals surface area contributed by atoms with Crippen molar-refractivity contribution in [2.45, 2.75) is 6.92 Å². The van der Waals surface area contributed by atoms with Crippen LogP contribution in [-0.4, -0.2) is 9.38 Å². The third-order valence-electron chi connectivity index (χ3n) is 3.00. The van der Waals surface area contributed by atoms with Crippen molar-refractivity contribution in [3.05, 3.63) is 53.3 Å². The van der Waals surface area contributed by atoms with Gasteiger partial charge >= 0.3 is 0 Å². The molecule has 2 heterocycles. The van der Waals surface area contributed by atoms with Gasteiger partial charge in [-0.15, -0.1) is 0 Å². The van der Waals surface area contributed by atoms with Gasteiger partial charge in [-0.2, -0.15) is 0 Å². The number of imidazole rings is 1. The van der Waals surface area contributed by atoms with E-state index in [1.54, 1.807) is 6.07 Å². The summed E-state index contributed by atoms with van der Waals surface area (Å²) in [5, 5.41) is 0.611. The van der Waals surface area contributed by atoms with Gasteiger partial charge in [-0.25, -0.2) is 4.98 Å². The highest BCUT2D eigenvalue weighted by molar-refractivity contribution is 6.30. The molecule has 1 aromatic carbocycles. The first-order valence-corrected chi connectivity index (χ1v) is 6.03. The number of aromatic nitrogens is 2. The fourth-order valence-corrected chi connectivity index (χ4v) is 2.33. The predicted octanol–water partition coefficient (Wildman–Crippen LogP) is 3.55. The highest BCUT2D eigenvalue weighted by Gasteiger charge is 2.12. The molecule has 0 aliphatic heterocycles. The third kappa shape index (κ3) is 1.64. The minimum atomic E-state index is 0.591. The van der Waals surface area contributed by atoms with Gasteiger partial charge < -0.3 is 10.1 Å². The van der Waals surface area contributed by atoms with Crippen molar-refractivity contribution in [1.82, 2.24) is 9.38 Å². The van der Waals surface area contributed by atoms with Crippen molar-refractivity contribution >= 4 is 22.9 Å². The van der Waals surface area contributed by atoms with Crippen LogP contribution >= 0.6 is 11.6 Å². The van der Waals surface area contributed by atoms with E-state index in [0.29, 0.717) is 10.7 Å². The lowest BCUT2D eigenvalue weighted by molar-refractivity contribution is 1.11. The van der Waals surface area contributed by atoms with E-state index in [1.807, 2.05) is 47.9 Å².